The molecule has 0 aliphatic heterocycles. The van der Waals surface area contributed by atoms with E-state index in [-0.39, 0.29) is 37.6 Å². The predicted molar refractivity (Wildman–Crippen MR) is 208 cm³/mol. The van der Waals surface area contributed by atoms with Crippen LogP contribution in [0.3, 0.4) is 0 Å². The molecule has 0 unspecified atom stereocenters. The number of rotatable bonds is 34. The summed E-state index contributed by atoms with van der Waals surface area (Å²) in [5.41, 5.74) is 0. The van der Waals surface area contributed by atoms with Crippen molar-refractivity contribution < 1.29 is 52.9 Å². The quantitative estimate of drug-likeness (QED) is 0.0212. The maximum Gasteiger partial charge on any atom is 0.469 e. The molecule has 1 aliphatic rings. The van der Waals surface area contributed by atoms with Crippen LogP contribution in [0.5, 0.6) is 0 Å². The van der Waals surface area contributed by atoms with E-state index in [1.807, 2.05) is 0 Å². The van der Waals surface area contributed by atoms with E-state index in [0.29, 0.717) is 32.1 Å². The zero-order valence-electron chi connectivity index (χ0n) is 32.9. The zero-order chi connectivity index (χ0) is 39.2. The average Bonchev–Trinajstić information content (AvgIpc) is 3.38. The molecule has 0 radical (unpaired) electrons. The van der Waals surface area contributed by atoms with Crippen molar-refractivity contribution in [2.75, 3.05) is 13.2 Å². The topological polar surface area (TPSA) is 177 Å². The van der Waals surface area contributed by atoms with Gasteiger partial charge in [-0.3, -0.25) is 18.9 Å². The summed E-state index contributed by atoms with van der Waals surface area (Å²) in [6.07, 6.45) is 28.0. The van der Waals surface area contributed by atoms with Gasteiger partial charge in [-0.15, -0.1) is 0 Å². The zero-order valence-corrected chi connectivity index (χ0v) is 33.8. The molecule has 53 heavy (non-hydrogen) atoms. The van der Waals surface area contributed by atoms with Gasteiger partial charge in [0.15, 0.2) is 6.10 Å². The van der Waals surface area contributed by atoms with Crippen molar-refractivity contribution in [3.05, 3.63) is 24.3 Å². The number of Topliss-reactive ketones (excluding diaryl/α,β-unsaturated/α-hetero) is 1. The number of unbranched alkanes of at least 4 members (excludes halogenated alkanes) is 16. The summed E-state index contributed by atoms with van der Waals surface area (Å²) in [5, 5.41) is 20.7. The fourth-order valence-electron chi connectivity index (χ4n) is 6.68. The highest BCUT2D eigenvalue weighted by molar-refractivity contribution is 7.46. The lowest BCUT2D eigenvalue weighted by Gasteiger charge is -2.19. The molecule has 0 heterocycles. The van der Waals surface area contributed by atoms with Gasteiger partial charge in [-0.25, -0.2) is 4.57 Å². The first-order valence-electron chi connectivity index (χ1n) is 20.7. The molecule has 12 heteroatoms. The lowest BCUT2D eigenvalue weighted by Crippen LogP contribution is -2.29. The molecule has 0 aromatic carbocycles. The van der Waals surface area contributed by atoms with E-state index in [1.165, 1.54) is 38.5 Å². The van der Waals surface area contributed by atoms with Crippen molar-refractivity contribution in [2.24, 2.45) is 11.8 Å². The number of phosphoric ester groups is 1. The Bertz CT molecular complexity index is 1070. The Morgan fingerprint density at radius 2 is 1.32 bits per heavy atom. The van der Waals surface area contributed by atoms with E-state index in [4.69, 9.17) is 19.3 Å². The van der Waals surface area contributed by atoms with Crippen LogP contribution >= 0.6 is 7.82 Å². The van der Waals surface area contributed by atoms with Gasteiger partial charge in [0.2, 0.25) is 0 Å². The SMILES string of the molecule is CCCCCCCC/C=C\CCCCCCCC(=O)OC[C@H](COP(=O)(O)O)OC(=O)CCCCCC[C@H]1[C@@H](O)CC(=O)[C@@H]1/C=C/[C@@H](O)CCCCC. The lowest BCUT2D eigenvalue weighted by molar-refractivity contribution is -0.161. The van der Waals surface area contributed by atoms with Gasteiger partial charge in [-0.1, -0.05) is 128 Å². The maximum absolute atomic E-state index is 12.5. The first-order valence-corrected chi connectivity index (χ1v) is 22.3. The third kappa shape index (κ3) is 27.4. The summed E-state index contributed by atoms with van der Waals surface area (Å²) in [5.74, 6) is -1.65. The number of carbonyl (C=O) groups excluding carboxylic acids is 3. The van der Waals surface area contributed by atoms with Gasteiger partial charge >= 0.3 is 19.8 Å². The number of hydrogen-bond donors (Lipinski definition) is 4. The molecule has 0 spiro atoms. The Morgan fingerprint density at radius 1 is 0.774 bits per heavy atom. The summed E-state index contributed by atoms with van der Waals surface area (Å²) < 4.78 is 26.4. The monoisotopic (exact) mass is 772 g/mol. The number of carbonyl (C=O) groups is 3. The molecule has 0 aromatic heterocycles. The molecule has 0 bridgehead atoms. The van der Waals surface area contributed by atoms with Crippen molar-refractivity contribution in [3.63, 3.8) is 0 Å². The van der Waals surface area contributed by atoms with Crippen molar-refractivity contribution in [3.8, 4) is 0 Å². The van der Waals surface area contributed by atoms with Gasteiger partial charge < -0.3 is 29.5 Å². The van der Waals surface area contributed by atoms with Gasteiger partial charge in [-0.05, 0) is 57.3 Å². The van der Waals surface area contributed by atoms with E-state index < -0.39 is 50.6 Å². The Kier molecular flexibility index (Phi) is 29.1. The minimum atomic E-state index is -4.82. The largest absolute Gasteiger partial charge is 0.469 e. The molecule has 5 atom stereocenters. The molecule has 4 N–H and O–H groups in total. The highest BCUT2D eigenvalue weighted by Gasteiger charge is 2.39. The molecular weight excluding hydrogens is 699 g/mol. The Labute approximate surface area is 320 Å². The summed E-state index contributed by atoms with van der Waals surface area (Å²) in [6, 6.07) is 0. The Balaban J connectivity index is 2.28. The van der Waals surface area contributed by atoms with Crippen LogP contribution in [0.25, 0.3) is 0 Å². The lowest BCUT2D eigenvalue weighted by atomic mass is 9.88. The van der Waals surface area contributed by atoms with Crippen LogP contribution in [0.15, 0.2) is 24.3 Å². The third-order valence-electron chi connectivity index (χ3n) is 9.85. The number of aliphatic hydroxyl groups is 2. The van der Waals surface area contributed by atoms with E-state index >= 15 is 0 Å². The van der Waals surface area contributed by atoms with Crippen LogP contribution < -0.4 is 0 Å². The predicted octanol–water partition coefficient (Wildman–Crippen LogP) is 8.99. The van der Waals surface area contributed by atoms with Crippen LogP contribution in [0, 0.1) is 11.8 Å². The number of phosphoric acid groups is 1. The van der Waals surface area contributed by atoms with Crippen LogP contribution in [0.1, 0.15) is 174 Å². The van der Waals surface area contributed by atoms with Crippen LogP contribution in [-0.2, 0) is 32.9 Å². The summed E-state index contributed by atoms with van der Waals surface area (Å²) >= 11 is 0. The third-order valence-corrected chi connectivity index (χ3v) is 10.3. The second-order valence-corrected chi connectivity index (χ2v) is 16.0. The molecular formula is C41H73O11P. The summed E-state index contributed by atoms with van der Waals surface area (Å²) in [6.45, 7) is 3.37. The molecule has 1 fully saturated rings. The number of ketones is 1. The highest BCUT2D eigenvalue weighted by Crippen LogP contribution is 2.36. The van der Waals surface area contributed by atoms with Crippen LogP contribution in [0.4, 0.5) is 0 Å². The molecule has 0 aromatic rings. The number of aliphatic hydroxyl groups excluding tert-OH is 2. The van der Waals surface area contributed by atoms with E-state index in [1.54, 1.807) is 12.2 Å². The van der Waals surface area contributed by atoms with Gasteiger partial charge in [0.1, 0.15) is 12.4 Å². The number of ether oxygens (including phenoxy) is 2. The fourth-order valence-corrected chi connectivity index (χ4v) is 7.04. The molecule has 11 nitrogen and oxygen atoms in total. The standard InChI is InChI=1S/C41H73O11P/c1-3-5-7-8-9-10-11-12-13-14-15-16-17-18-23-27-40(45)50-32-35(33-51-53(47,48)49)52-41(46)28-24-20-19-22-26-36-37(39(44)31-38(36)43)30-29-34(42)25-21-6-4-2/h12-13,29-30,34-38,42-43H,3-11,14-28,31-33H2,1-2H3,(H2,47,48,49)/b13-12-,30-29+/t34-,35+,36+,37+,38-/m0/s1. The highest BCUT2D eigenvalue weighted by atomic mass is 31.2. The second-order valence-electron chi connectivity index (χ2n) is 14.7. The van der Waals surface area contributed by atoms with E-state index in [0.717, 1.165) is 70.6 Å². The Morgan fingerprint density at radius 3 is 1.94 bits per heavy atom. The van der Waals surface area contributed by atoms with Crippen molar-refractivity contribution in [1.29, 1.82) is 0 Å². The average molecular weight is 773 g/mol. The number of esters is 2. The first-order chi connectivity index (χ1) is 25.5. The Hall–Kier alpha value is -1.88. The fraction of sp³-hybridized carbons (Fsp3) is 0.829. The van der Waals surface area contributed by atoms with Crippen LogP contribution in [0.2, 0.25) is 0 Å². The molecule has 1 aliphatic carbocycles. The van der Waals surface area contributed by atoms with Crippen molar-refractivity contribution in [2.45, 2.75) is 193 Å². The van der Waals surface area contributed by atoms with Gasteiger partial charge in [-0.2, -0.15) is 0 Å². The van der Waals surface area contributed by atoms with Crippen LogP contribution in [-0.4, -0.2) is 69.2 Å². The molecule has 0 amide bonds. The van der Waals surface area contributed by atoms with Crippen molar-refractivity contribution in [1.82, 2.24) is 0 Å². The maximum atomic E-state index is 12.5. The van der Waals surface area contributed by atoms with Gasteiger partial charge in [0, 0.05) is 25.2 Å². The smallest absolute Gasteiger partial charge is 0.462 e. The molecule has 1 rings (SSSR count). The van der Waals surface area contributed by atoms with Crippen molar-refractivity contribution >= 4 is 25.5 Å². The molecule has 1 saturated carbocycles. The summed E-state index contributed by atoms with van der Waals surface area (Å²) in [4.78, 5) is 55.5. The van der Waals surface area contributed by atoms with Gasteiger partial charge in [0.25, 0.3) is 0 Å². The first kappa shape index (κ1) is 49.1. The van der Waals surface area contributed by atoms with E-state index in [9.17, 15) is 29.2 Å². The second kappa shape index (κ2) is 31.3. The number of allylic oxidation sites excluding steroid dienone is 3. The number of hydrogen-bond acceptors (Lipinski definition) is 9. The minimum Gasteiger partial charge on any atom is -0.462 e. The summed E-state index contributed by atoms with van der Waals surface area (Å²) in [7, 11) is -4.82. The van der Waals surface area contributed by atoms with Gasteiger partial charge in [0.05, 0.1) is 18.8 Å². The molecule has 308 valence electrons. The minimum absolute atomic E-state index is 0.00622. The van der Waals surface area contributed by atoms with E-state index in [2.05, 4.69) is 30.5 Å². The molecule has 0 saturated heterocycles. The normalized spacial score (nSPS) is 19.0.